The standard InChI is InChI=1S/C23H23NO5/c1-2-22(19-8-6-18(7-9-19)20-10-11-27-16-20)24-29-13-12-28-21-5-3-4-17(14-21)15-23(25)26/h3-11,14,16H,2,12-13,15H2,1H3,(H,25,26). The summed E-state index contributed by atoms with van der Waals surface area (Å²) in [4.78, 5) is 16.2. The van der Waals surface area contributed by atoms with E-state index in [0.29, 0.717) is 24.5 Å². The summed E-state index contributed by atoms with van der Waals surface area (Å²) < 4.78 is 10.7. The van der Waals surface area contributed by atoms with Crippen LogP contribution >= 0.6 is 0 Å². The predicted octanol–water partition coefficient (Wildman–Crippen LogP) is 4.78. The second kappa shape index (κ2) is 10.1. The van der Waals surface area contributed by atoms with Crippen molar-refractivity contribution in [3.63, 3.8) is 0 Å². The molecule has 1 heterocycles. The van der Waals surface area contributed by atoms with Gasteiger partial charge in [-0.3, -0.25) is 4.79 Å². The third-order valence-corrected chi connectivity index (χ3v) is 4.28. The minimum absolute atomic E-state index is 0.0305. The van der Waals surface area contributed by atoms with Crippen molar-refractivity contribution >= 4 is 11.7 Å². The van der Waals surface area contributed by atoms with Gasteiger partial charge in [-0.05, 0) is 41.3 Å². The summed E-state index contributed by atoms with van der Waals surface area (Å²) in [5, 5.41) is 13.1. The molecule has 3 aromatic rings. The van der Waals surface area contributed by atoms with Gasteiger partial charge in [0.05, 0.1) is 24.7 Å². The van der Waals surface area contributed by atoms with Gasteiger partial charge < -0.3 is 19.1 Å². The molecule has 0 aliphatic carbocycles. The molecule has 29 heavy (non-hydrogen) atoms. The smallest absolute Gasteiger partial charge is 0.307 e. The van der Waals surface area contributed by atoms with E-state index in [-0.39, 0.29) is 6.42 Å². The molecule has 3 rings (SSSR count). The molecule has 0 bridgehead atoms. The van der Waals surface area contributed by atoms with Crippen molar-refractivity contribution in [1.82, 2.24) is 0 Å². The van der Waals surface area contributed by atoms with Crippen molar-refractivity contribution in [2.24, 2.45) is 5.16 Å². The number of benzene rings is 2. The van der Waals surface area contributed by atoms with E-state index in [1.807, 2.05) is 37.3 Å². The van der Waals surface area contributed by atoms with Crippen LogP contribution in [0.4, 0.5) is 0 Å². The highest BCUT2D eigenvalue weighted by Crippen LogP contribution is 2.20. The first kappa shape index (κ1) is 20.2. The molecule has 0 radical (unpaired) electrons. The molecule has 0 saturated heterocycles. The fourth-order valence-corrected chi connectivity index (χ4v) is 2.85. The summed E-state index contributed by atoms with van der Waals surface area (Å²) in [5.41, 5.74) is 4.67. The van der Waals surface area contributed by atoms with Crippen LogP contribution in [0.2, 0.25) is 0 Å². The third kappa shape index (κ3) is 5.97. The number of aliphatic carboxylic acids is 1. The van der Waals surface area contributed by atoms with Gasteiger partial charge in [0.15, 0.2) is 6.61 Å². The van der Waals surface area contributed by atoms with Gasteiger partial charge in [-0.25, -0.2) is 0 Å². The lowest BCUT2D eigenvalue weighted by Gasteiger charge is -2.08. The summed E-state index contributed by atoms with van der Waals surface area (Å²) in [6, 6.07) is 17.0. The largest absolute Gasteiger partial charge is 0.490 e. The molecule has 0 aliphatic rings. The molecular formula is C23H23NO5. The Kier molecular flexibility index (Phi) is 7.05. The molecule has 1 N–H and O–H groups in total. The Morgan fingerprint density at radius 2 is 1.90 bits per heavy atom. The Balaban J connectivity index is 1.50. The number of rotatable bonds is 10. The van der Waals surface area contributed by atoms with E-state index in [9.17, 15) is 4.79 Å². The van der Waals surface area contributed by atoms with Crippen LogP contribution < -0.4 is 4.74 Å². The Bertz CT molecular complexity index is 946. The predicted molar refractivity (Wildman–Crippen MR) is 110 cm³/mol. The van der Waals surface area contributed by atoms with Gasteiger partial charge in [-0.15, -0.1) is 0 Å². The van der Waals surface area contributed by atoms with Crippen LogP contribution in [0.1, 0.15) is 24.5 Å². The fraction of sp³-hybridized carbons (Fsp3) is 0.217. The molecule has 6 nitrogen and oxygen atoms in total. The maximum Gasteiger partial charge on any atom is 0.307 e. The average molecular weight is 393 g/mol. The van der Waals surface area contributed by atoms with E-state index in [1.54, 1.807) is 36.8 Å². The van der Waals surface area contributed by atoms with Gasteiger partial charge >= 0.3 is 5.97 Å². The molecule has 2 aromatic carbocycles. The van der Waals surface area contributed by atoms with Crippen molar-refractivity contribution in [3.05, 3.63) is 78.3 Å². The number of carboxylic acid groups (broad SMARTS) is 1. The van der Waals surface area contributed by atoms with Crippen molar-refractivity contribution < 1.29 is 23.9 Å². The molecule has 0 aliphatic heterocycles. The number of hydrogen-bond donors (Lipinski definition) is 1. The first-order valence-corrected chi connectivity index (χ1v) is 9.41. The van der Waals surface area contributed by atoms with Crippen LogP contribution in [-0.2, 0) is 16.1 Å². The zero-order valence-corrected chi connectivity index (χ0v) is 16.2. The quantitative estimate of drug-likeness (QED) is 0.304. The van der Waals surface area contributed by atoms with Gasteiger partial charge in [-0.1, -0.05) is 48.5 Å². The van der Waals surface area contributed by atoms with Gasteiger partial charge in [0, 0.05) is 5.56 Å². The first-order chi connectivity index (χ1) is 14.2. The number of oxime groups is 1. The highest BCUT2D eigenvalue weighted by Gasteiger charge is 2.05. The summed E-state index contributed by atoms with van der Waals surface area (Å²) in [6.07, 6.45) is 4.07. The van der Waals surface area contributed by atoms with Gasteiger partial charge in [0.2, 0.25) is 0 Å². The summed E-state index contributed by atoms with van der Waals surface area (Å²) in [7, 11) is 0. The maximum absolute atomic E-state index is 10.8. The molecule has 0 saturated carbocycles. The average Bonchev–Trinajstić information content (AvgIpc) is 3.26. The maximum atomic E-state index is 10.8. The van der Waals surface area contributed by atoms with Gasteiger partial charge in [0.25, 0.3) is 0 Å². The topological polar surface area (TPSA) is 81.3 Å². The van der Waals surface area contributed by atoms with Crippen LogP contribution in [0.25, 0.3) is 11.1 Å². The molecule has 0 spiro atoms. The normalized spacial score (nSPS) is 11.3. The van der Waals surface area contributed by atoms with E-state index < -0.39 is 5.97 Å². The van der Waals surface area contributed by atoms with Crippen molar-refractivity contribution in [2.75, 3.05) is 13.2 Å². The number of carboxylic acids is 1. The van der Waals surface area contributed by atoms with Crippen LogP contribution in [-0.4, -0.2) is 30.0 Å². The minimum atomic E-state index is -0.871. The second-order valence-electron chi connectivity index (χ2n) is 6.38. The van der Waals surface area contributed by atoms with Gasteiger partial charge in [-0.2, -0.15) is 0 Å². The highest BCUT2D eigenvalue weighted by molar-refractivity contribution is 6.00. The number of hydrogen-bond acceptors (Lipinski definition) is 5. The van der Waals surface area contributed by atoms with Crippen molar-refractivity contribution in [3.8, 4) is 16.9 Å². The van der Waals surface area contributed by atoms with E-state index in [1.165, 1.54) is 0 Å². The van der Waals surface area contributed by atoms with Crippen LogP contribution in [0.3, 0.4) is 0 Å². The molecule has 0 atom stereocenters. The molecule has 6 heteroatoms. The number of furan rings is 1. The van der Waals surface area contributed by atoms with Crippen LogP contribution in [0.15, 0.2) is 76.7 Å². The molecule has 1 aromatic heterocycles. The molecular weight excluding hydrogens is 370 g/mol. The molecule has 0 amide bonds. The lowest BCUT2D eigenvalue weighted by atomic mass is 10.0. The van der Waals surface area contributed by atoms with E-state index in [2.05, 4.69) is 5.16 Å². The summed E-state index contributed by atoms with van der Waals surface area (Å²) in [5.74, 6) is -0.258. The van der Waals surface area contributed by atoms with E-state index >= 15 is 0 Å². The fourth-order valence-electron chi connectivity index (χ4n) is 2.85. The van der Waals surface area contributed by atoms with Crippen LogP contribution in [0, 0.1) is 0 Å². The number of nitrogens with zero attached hydrogens (tertiary/aromatic N) is 1. The van der Waals surface area contributed by atoms with Crippen molar-refractivity contribution in [1.29, 1.82) is 0 Å². The SMILES string of the molecule is CCC(=NOCCOc1cccc(CC(=O)O)c1)c1ccc(-c2ccoc2)cc1. The summed E-state index contributed by atoms with van der Waals surface area (Å²) in [6.45, 7) is 2.63. The minimum Gasteiger partial charge on any atom is -0.490 e. The molecule has 150 valence electrons. The van der Waals surface area contributed by atoms with Crippen LogP contribution in [0.5, 0.6) is 5.75 Å². The number of carbonyl (C=O) groups is 1. The first-order valence-electron chi connectivity index (χ1n) is 9.41. The lowest BCUT2D eigenvalue weighted by Crippen LogP contribution is -2.07. The Labute approximate surface area is 169 Å². The molecule has 0 unspecified atom stereocenters. The van der Waals surface area contributed by atoms with Gasteiger partial charge in [0.1, 0.15) is 12.4 Å². The van der Waals surface area contributed by atoms with Crippen molar-refractivity contribution in [2.45, 2.75) is 19.8 Å². The molecule has 0 fully saturated rings. The zero-order valence-electron chi connectivity index (χ0n) is 16.2. The second-order valence-corrected chi connectivity index (χ2v) is 6.38. The van der Waals surface area contributed by atoms with E-state index in [4.69, 9.17) is 19.1 Å². The Morgan fingerprint density at radius 3 is 2.59 bits per heavy atom. The highest BCUT2D eigenvalue weighted by atomic mass is 16.6. The summed E-state index contributed by atoms with van der Waals surface area (Å²) >= 11 is 0. The number of ether oxygens (including phenoxy) is 1. The van der Waals surface area contributed by atoms with E-state index in [0.717, 1.165) is 28.8 Å². The third-order valence-electron chi connectivity index (χ3n) is 4.28. The Morgan fingerprint density at radius 1 is 1.07 bits per heavy atom. The monoisotopic (exact) mass is 393 g/mol. The Hall–Kier alpha value is -3.54. The zero-order chi connectivity index (χ0) is 20.5. The lowest BCUT2D eigenvalue weighted by molar-refractivity contribution is -0.136.